The molecular weight excluding hydrogens is 206 g/mol. The van der Waals surface area contributed by atoms with E-state index in [2.05, 4.69) is 0 Å². The van der Waals surface area contributed by atoms with Crippen LogP contribution >= 0.6 is 0 Å². The van der Waals surface area contributed by atoms with E-state index in [1.54, 1.807) is 19.2 Å². The summed E-state index contributed by atoms with van der Waals surface area (Å²) in [6.45, 7) is 0.664. The van der Waals surface area contributed by atoms with Crippen molar-refractivity contribution >= 4 is 5.97 Å². The van der Waals surface area contributed by atoms with E-state index in [1.165, 1.54) is 0 Å². The van der Waals surface area contributed by atoms with Crippen molar-refractivity contribution < 1.29 is 14.4 Å². The molecule has 16 heavy (non-hydrogen) atoms. The standard InChI is InChI=1S/C12H17NO3/c1-13(2)16-9-8-15-12(14)10-11-6-4-3-5-7-11/h3-7H,8-10H2,1-2H3. The first-order valence-corrected chi connectivity index (χ1v) is 5.18. The van der Waals surface area contributed by atoms with E-state index < -0.39 is 0 Å². The summed E-state index contributed by atoms with van der Waals surface area (Å²) in [5.74, 6) is -0.228. The summed E-state index contributed by atoms with van der Waals surface area (Å²) < 4.78 is 5.01. The van der Waals surface area contributed by atoms with E-state index in [-0.39, 0.29) is 12.6 Å². The predicted octanol–water partition coefficient (Wildman–Crippen LogP) is 1.27. The smallest absolute Gasteiger partial charge is 0.310 e. The molecule has 1 rings (SSSR count). The maximum absolute atomic E-state index is 11.4. The van der Waals surface area contributed by atoms with Crippen molar-refractivity contribution in [3.05, 3.63) is 35.9 Å². The molecular formula is C12H17NO3. The van der Waals surface area contributed by atoms with Gasteiger partial charge in [-0.15, -0.1) is 0 Å². The Morgan fingerprint density at radius 1 is 1.19 bits per heavy atom. The predicted molar refractivity (Wildman–Crippen MR) is 60.7 cm³/mol. The van der Waals surface area contributed by atoms with Crippen molar-refractivity contribution in [2.45, 2.75) is 6.42 Å². The molecule has 0 heterocycles. The third-order valence-corrected chi connectivity index (χ3v) is 1.89. The molecule has 0 unspecified atom stereocenters. The molecule has 0 fully saturated rings. The second-order valence-electron chi connectivity index (χ2n) is 3.53. The van der Waals surface area contributed by atoms with Gasteiger partial charge in [0.25, 0.3) is 0 Å². The van der Waals surface area contributed by atoms with Gasteiger partial charge in [0.2, 0.25) is 0 Å². The molecule has 0 N–H and O–H groups in total. The average molecular weight is 223 g/mol. The Morgan fingerprint density at radius 3 is 2.50 bits per heavy atom. The first-order valence-electron chi connectivity index (χ1n) is 5.18. The van der Waals surface area contributed by atoms with Crippen LogP contribution in [0.4, 0.5) is 0 Å². The first-order chi connectivity index (χ1) is 7.68. The summed E-state index contributed by atoms with van der Waals surface area (Å²) >= 11 is 0. The van der Waals surface area contributed by atoms with E-state index in [0.29, 0.717) is 13.0 Å². The fraction of sp³-hybridized carbons (Fsp3) is 0.417. The molecule has 0 saturated heterocycles. The van der Waals surface area contributed by atoms with Crippen molar-refractivity contribution in [3.63, 3.8) is 0 Å². The second-order valence-corrected chi connectivity index (χ2v) is 3.53. The summed E-state index contributed by atoms with van der Waals surface area (Å²) in [7, 11) is 3.57. The highest BCUT2D eigenvalue weighted by molar-refractivity contribution is 5.72. The maximum Gasteiger partial charge on any atom is 0.310 e. The number of rotatable bonds is 6. The van der Waals surface area contributed by atoms with E-state index in [4.69, 9.17) is 9.57 Å². The fourth-order valence-electron chi connectivity index (χ4n) is 1.19. The summed E-state index contributed by atoms with van der Waals surface area (Å²) in [5.41, 5.74) is 0.959. The molecule has 0 amide bonds. The molecule has 0 saturated carbocycles. The highest BCUT2D eigenvalue weighted by atomic mass is 16.7. The Morgan fingerprint density at radius 2 is 1.88 bits per heavy atom. The van der Waals surface area contributed by atoms with Gasteiger partial charge in [-0.2, -0.15) is 5.06 Å². The number of hydrogen-bond acceptors (Lipinski definition) is 4. The molecule has 0 radical (unpaired) electrons. The van der Waals surface area contributed by atoms with Crippen molar-refractivity contribution in [1.29, 1.82) is 0 Å². The molecule has 0 aliphatic rings. The molecule has 1 aromatic carbocycles. The van der Waals surface area contributed by atoms with Crippen LogP contribution in [-0.4, -0.2) is 38.3 Å². The van der Waals surface area contributed by atoms with Crippen LogP contribution in [0, 0.1) is 0 Å². The van der Waals surface area contributed by atoms with Crippen LogP contribution in [0.2, 0.25) is 0 Å². The highest BCUT2D eigenvalue weighted by Crippen LogP contribution is 2.00. The van der Waals surface area contributed by atoms with Crippen molar-refractivity contribution in [1.82, 2.24) is 5.06 Å². The van der Waals surface area contributed by atoms with Gasteiger partial charge in [-0.25, -0.2) is 0 Å². The fourth-order valence-corrected chi connectivity index (χ4v) is 1.19. The molecule has 0 aliphatic heterocycles. The Kier molecular flexibility index (Phi) is 5.53. The quantitative estimate of drug-likeness (QED) is 0.413. The van der Waals surface area contributed by atoms with Crippen LogP contribution in [0.25, 0.3) is 0 Å². The largest absolute Gasteiger partial charge is 0.463 e. The van der Waals surface area contributed by atoms with Crippen LogP contribution in [0.1, 0.15) is 5.56 Å². The number of hydroxylamine groups is 2. The van der Waals surface area contributed by atoms with Crippen LogP contribution < -0.4 is 0 Å². The lowest BCUT2D eigenvalue weighted by molar-refractivity contribution is -0.156. The van der Waals surface area contributed by atoms with Crippen LogP contribution in [0.15, 0.2) is 30.3 Å². The molecule has 1 aromatic rings. The normalized spacial score (nSPS) is 10.4. The molecule has 4 heteroatoms. The molecule has 0 atom stereocenters. The van der Waals surface area contributed by atoms with E-state index in [0.717, 1.165) is 5.56 Å². The molecule has 0 aromatic heterocycles. The van der Waals surface area contributed by atoms with Gasteiger partial charge in [-0.3, -0.25) is 9.63 Å². The zero-order valence-electron chi connectivity index (χ0n) is 9.68. The lowest BCUT2D eigenvalue weighted by Crippen LogP contribution is -2.18. The zero-order valence-corrected chi connectivity index (χ0v) is 9.68. The third-order valence-electron chi connectivity index (χ3n) is 1.89. The number of carbonyl (C=O) groups is 1. The first kappa shape index (κ1) is 12.7. The molecule has 0 bridgehead atoms. The number of carbonyl (C=O) groups excluding carboxylic acids is 1. The third kappa shape index (κ3) is 5.48. The van der Waals surface area contributed by atoms with Gasteiger partial charge in [0.15, 0.2) is 0 Å². The van der Waals surface area contributed by atoms with Gasteiger partial charge >= 0.3 is 5.97 Å². The van der Waals surface area contributed by atoms with E-state index in [1.807, 2.05) is 30.3 Å². The van der Waals surface area contributed by atoms with Gasteiger partial charge in [0.05, 0.1) is 6.42 Å². The number of esters is 1. The summed E-state index contributed by atoms with van der Waals surface area (Å²) in [6.07, 6.45) is 0.308. The Hall–Kier alpha value is -1.39. The number of benzene rings is 1. The van der Waals surface area contributed by atoms with Gasteiger partial charge in [-0.1, -0.05) is 30.3 Å². The van der Waals surface area contributed by atoms with Crippen molar-refractivity contribution in [2.75, 3.05) is 27.3 Å². The lowest BCUT2D eigenvalue weighted by atomic mass is 10.2. The Balaban J connectivity index is 2.17. The Bertz CT molecular complexity index is 311. The van der Waals surface area contributed by atoms with Gasteiger partial charge < -0.3 is 4.74 Å². The minimum Gasteiger partial charge on any atom is -0.463 e. The average Bonchev–Trinajstić information content (AvgIpc) is 2.25. The lowest BCUT2D eigenvalue weighted by Gasteiger charge is -2.10. The number of ether oxygens (including phenoxy) is 1. The van der Waals surface area contributed by atoms with Crippen molar-refractivity contribution in [3.8, 4) is 0 Å². The van der Waals surface area contributed by atoms with Gasteiger partial charge in [0.1, 0.15) is 13.2 Å². The number of nitrogens with zero attached hydrogens (tertiary/aromatic N) is 1. The minimum absolute atomic E-state index is 0.228. The van der Waals surface area contributed by atoms with Crippen molar-refractivity contribution in [2.24, 2.45) is 0 Å². The van der Waals surface area contributed by atoms with E-state index in [9.17, 15) is 4.79 Å². The molecule has 0 aliphatic carbocycles. The second kappa shape index (κ2) is 6.98. The van der Waals surface area contributed by atoms with E-state index >= 15 is 0 Å². The molecule has 4 nitrogen and oxygen atoms in total. The Labute approximate surface area is 95.7 Å². The van der Waals surface area contributed by atoms with Gasteiger partial charge in [0, 0.05) is 14.1 Å². The van der Waals surface area contributed by atoms with Gasteiger partial charge in [-0.05, 0) is 5.56 Å². The maximum atomic E-state index is 11.4. The SMILES string of the molecule is CN(C)OCCOC(=O)Cc1ccccc1. The van der Waals surface area contributed by atoms with Crippen LogP contribution in [-0.2, 0) is 20.8 Å². The topological polar surface area (TPSA) is 38.8 Å². The summed E-state index contributed by atoms with van der Waals surface area (Å²) in [6, 6.07) is 9.52. The zero-order chi connectivity index (χ0) is 11.8. The molecule has 0 spiro atoms. The minimum atomic E-state index is -0.228. The monoisotopic (exact) mass is 223 g/mol. The summed E-state index contributed by atoms with van der Waals surface area (Å²) in [5, 5.41) is 1.57. The highest BCUT2D eigenvalue weighted by Gasteiger charge is 2.03. The van der Waals surface area contributed by atoms with Crippen LogP contribution in [0.3, 0.4) is 0 Å². The summed E-state index contributed by atoms with van der Waals surface area (Å²) in [4.78, 5) is 16.5. The van der Waals surface area contributed by atoms with Crippen LogP contribution in [0.5, 0.6) is 0 Å². The number of hydrogen-bond donors (Lipinski definition) is 0. The molecule has 88 valence electrons.